The van der Waals surface area contributed by atoms with E-state index in [1.807, 2.05) is 88.0 Å². The van der Waals surface area contributed by atoms with Crippen LogP contribution in [0.4, 0.5) is 0 Å². The van der Waals surface area contributed by atoms with Crippen molar-refractivity contribution in [3.05, 3.63) is 137 Å². The molecule has 4 fully saturated rings. The van der Waals surface area contributed by atoms with Crippen molar-refractivity contribution in [2.75, 3.05) is 216 Å². The minimum Gasteiger partial charge on any atom is -0.392 e. The Labute approximate surface area is 685 Å². The Morgan fingerprint density at radius 2 is 0.483 bits per heavy atom. The number of aliphatic hydroxyl groups excluding tert-OH is 8. The van der Waals surface area contributed by atoms with Gasteiger partial charge in [-0.25, -0.2) is 14.0 Å². The monoisotopic (exact) mass is 1620 g/mol. The van der Waals surface area contributed by atoms with E-state index < -0.39 is 36.6 Å². The van der Waals surface area contributed by atoms with Crippen LogP contribution in [0.2, 0.25) is 0 Å². The van der Waals surface area contributed by atoms with Crippen LogP contribution in [0.1, 0.15) is 106 Å². The van der Waals surface area contributed by atoms with Crippen molar-refractivity contribution < 1.29 is 40.9 Å². The molecule has 0 amide bonds. The lowest BCUT2D eigenvalue weighted by Gasteiger charge is -2.27. The van der Waals surface area contributed by atoms with Crippen LogP contribution in [0, 0.1) is 12.3 Å². The highest BCUT2D eigenvalue weighted by molar-refractivity contribution is 5.32. The second kappa shape index (κ2) is 52.5. The number of hydrogen-bond acceptors (Lipinski definition) is 29. The zero-order valence-corrected chi connectivity index (χ0v) is 70.1. The molecule has 38 heteroatoms. The van der Waals surface area contributed by atoms with E-state index in [-0.39, 0.29) is 31.8 Å². The minimum atomic E-state index is -0.423. The fourth-order valence-electron chi connectivity index (χ4n) is 15.2. The number of hydrogen-bond donors (Lipinski definition) is 8. The Bertz CT molecular complexity index is 3330. The molecule has 0 bridgehead atoms. The summed E-state index contributed by atoms with van der Waals surface area (Å²) in [5, 5.41) is 119. The molecule has 4 saturated heterocycles. The summed E-state index contributed by atoms with van der Waals surface area (Å²) in [6.45, 7) is 44.8. The summed E-state index contributed by atoms with van der Waals surface area (Å²) in [6, 6.07) is 12.0. The molecule has 3 aromatic heterocycles. The molecule has 0 unspecified atom stereocenters. The van der Waals surface area contributed by atoms with Crippen molar-refractivity contribution in [2.24, 2.45) is 15.3 Å². The summed E-state index contributed by atoms with van der Waals surface area (Å²) in [4.78, 5) is 35.8. The Morgan fingerprint density at radius 3 is 0.664 bits per heavy atom. The molecule has 4 aliphatic heterocycles. The van der Waals surface area contributed by atoms with Gasteiger partial charge in [-0.05, 0) is 105 Å². The Kier molecular flexibility index (Phi) is 43.3. The normalized spacial score (nSPS) is 19.9. The van der Waals surface area contributed by atoms with Crippen molar-refractivity contribution in [1.29, 1.82) is 0 Å². The summed E-state index contributed by atoms with van der Waals surface area (Å²) in [6.07, 6.45) is 8.35. The fourth-order valence-corrected chi connectivity index (χ4v) is 15.2. The van der Waals surface area contributed by atoms with E-state index >= 15 is 0 Å². The van der Waals surface area contributed by atoms with Gasteiger partial charge in [0.15, 0.2) is 0 Å². The number of benzene rings is 2. The van der Waals surface area contributed by atoms with Gasteiger partial charge in [-0.1, -0.05) is 73.3 Å². The topological polar surface area (TPSA) is 439 Å². The first-order valence-corrected chi connectivity index (χ1v) is 41.2. The van der Waals surface area contributed by atoms with Gasteiger partial charge in [-0.15, -0.1) is 21.7 Å². The fraction of sp³-hybridized carbons (Fsp3) is 0.744. The van der Waals surface area contributed by atoms with Crippen LogP contribution in [0.3, 0.4) is 0 Å². The van der Waals surface area contributed by atoms with Crippen LogP contribution in [-0.2, 0) is 58.9 Å². The first-order chi connectivity index (χ1) is 55.7. The predicted octanol–water partition coefficient (Wildman–Crippen LogP) is 1.57. The van der Waals surface area contributed by atoms with E-state index in [1.54, 1.807) is 18.2 Å². The first-order valence-electron chi connectivity index (χ1n) is 41.2. The quantitative estimate of drug-likeness (QED) is 0.0123. The summed E-state index contributed by atoms with van der Waals surface area (Å²) in [7, 11) is 0. The molecule has 9 rings (SSSR count). The molecule has 8 N–H and O–H groups in total. The Balaban J connectivity index is 0.000000397. The number of aromatic nitrogens is 9. The molecule has 0 radical (unpaired) electrons. The highest BCUT2D eigenvalue weighted by atomic mass is 16.3. The van der Waals surface area contributed by atoms with Crippen LogP contribution in [0.5, 0.6) is 0 Å². The number of azide groups is 3. The lowest BCUT2D eigenvalue weighted by atomic mass is 10.1. The summed E-state index contributed by atoms with van der Waals surface area (Å²) in [5.74, 6) is 2.71. The van der Waals surface area contributed by atoms with Crippen LogP contribution in [-0.4, -0.2) is 409 Å². The van der Waals surface area contributed by atoms with Gasteiger partial charge in [0, 0.05) is 244 Å². The van der Waals surface area contributed by atoms with Crippen molar-refractivity contribution in [3.8, 4) is 12.3 Å². The second-order valence-electron chi connectivity index (χ2n) is 32.2. The molecule has 8 atom stereocenters. The van der Waals surface area contributed by atoms with Crippen molar-refractivity contribution in [3.63, 3.8) is 0 Å². The van der Waals surface area contributed by atoms with Crippen molar-refractivity contribution >= 4 is 0 Å². The van der Waals surface area contributed by atoms with Crippen molar-refractivity contribution in [2.45, 2.75) is 163 Å². The molecule has 38 nitrogen and oxygen atoms in total. The molecule has 0 saturated carbocycles. The smallest absolute Gasteiger partial charge is 0.0967 e. The molecular weight excluding hydrogens is 1490 g/mol. The number of nitrogens with zero attached hydrogens (tertiary/aromatic N) is 30. The van der Waals surface area contributed by atoms with Gasteiger partial charge in [0.1, 0.15) is 0 Å². The van der Waals surface area contributed by atoms with Gasteiger partial charge in [0.05, 0.1) is 130 Å². The van der Waals surface area contributed by atoms with E-state index in [1.165, 1.54) is 0 Å². The molecule has 116 heavy (non-hydrogen) atoms. The minimum absolute atomic E-state index is 0.198. The lowest BCUT2D eigenvalue weighted by molar-refractivity contribution is 0.102. The highest BCUT2D eigenvalue weighted by Gasteiger charge is 2.25. The van der Waals surface area contributed by atoms with E-state index in [9.17, 15) is 40.9 Å². The maximum Gasteiger partial charge on any atom is 0.0967 e. The zero-order chi connectivity index (χ0) is 83.7. The Morgan fingerprint density at radius 1 is 0.302 bits per heavy atom. The number of β-amino-alcohol motifs (C(OH)–C–C–N with tert-alkyl or cyclic N) is 8. The SMILES string of the molecule is C#CCN1CCN(C[C@H](C)O)CCN(C[C@H](C)O)CC1.C[C@H](O)CN1CCN(Cc2cn(Cc3cc(Cn4cc(CN5CCN(C[C@H](C)O)CCN(C[C@H](C)O)CC5)nn4)cc(Cn4cc(CN5CCN(C[C@@H](C)O)CCN(C[C@@H](C)O)CC5)nn4)c3)nn2)CCN(C[C@H](C)O)CC1.[N-]=[N+]=NCc1cc(CN=[N+]=[N-])cc(CN=[N+]=[N-])c1. The van der Waals surface area contributed by atoms with Gasteiger partial charge in [-0.2, -0.15) is 0 Å². The molecule has 7 heterocycles. The third-order valence-electron chi connectivity index (χ3n) is 20.4. The third-order valence-corrected chi connectivity index (χ3v) is 20.4. The highest BCUT2D eigenvalue weighted by Crippen LogP contribution is 2.19. The van der Waals surface area contributed by atoms with E-state index in [0.717, 1.165) is 208 Å². The number of rotatable bonds is 35. The molecule has 644 valence electrons. The predicted molar refractivity (Wildman–Crippen MR) is 445 cm³/mol. The molecular formula is C78H134N30O8. The average molecular weight is 1620 g/mol. The van der Waals surface area contributed by atoms with Crippen LogP contribution >= 0.6 is 0 Å². The number of terminal acetylenes is 1. The molecule has 0 aliphatic carbocycles. The van der Waals surface area contributed by atoms with E-state index in [2.05, 4.69) is 144 Å². The maximum absolute atomic E-state index is 10.2. The number of aliphatic hydroxyl groups is 8. The third kappa shape index (κ3) is 39.0. The summed E-state index contributed by atoms with van der Waals surface area (Å²) < 4.78 is 5.71. The Hall–Kier alpha value is -7.45. The summed E-state index contributed by atoms with van der Waals surface area (Å²) in [5.41, 5.74) is 33.0. The lowest BCUT2D eigenvalue weighted by Crippen LogP contribution is -2.41. The zero-order valence-electron chi connectivity index (χ0n) is 70.1. The standard InChI is InChI=1S/C54H96N18O6.C15H29N3O2.C9H9N9/c1-43(73)28-61-7-8-62(29-44(2)74)14-20-67(19-13-61)37-52-40-70(58-55-52)34-49-25-50(35-71-41-53(56-59-71)38-68-21-15-63(30-45(3)75)9-10-64(16-22-68)31-46(4)76)27-51(26-49)36-72-42-54(57-60-72)39-69-23-17-65(32-47(5)77)11-12-66(18-24-69)33-48(6)78;1-4-5-16-6-8-17(12-14(2)19)10-11-18(9-7-16)13-15(3)20;10-16-13-4-7-1-8(5-14-17-11)3-9(2-7)6-15-18-12/h25-27,40-48,73-78H,7-24,28-39H2,1-6H3;1,14-15,19-20H,5-13H2,2-3H3;1-3H,4-6H2/t43-,44-,45-,46-,47+,48+;14-,15-;/m00./s1. The largest absolute Gasteiger partial charge is 0.392 e. The van der Waals surface area contributed by atoms with Gasteiger partial charge in [0.2, 0.25) is 0 Å². The molecule has 0 spiro atoms. The van der Waals surface area contributed by atoms with E-state index in [0.29, 0.717) is 98.2 Å². The average Bonchev–Trinajstić information content (AvgIpc) is 1.61. The van der Waals surface area contributed by atoms with E-state index in [4.69, 9.17) is 23.0 Å². The maximum atomic E-state index is 10.2. The van der Waals surface area contributed by atoms with Crippen LogP contribution < -0.4 is 0 Å². The summed E-state index contributed by atoms with van der Waals surface area (Å²) >= 11 is 0. The van der Waals surface area contributed by atoms with Crippen LogP contribution in [0.15, 0.2) is 70.3 Å². The van der Waals surface area contributed by atoms with Crippen molar-refractivity contribution in [1.82, 2.24) is 104 Å². The molecule has 2 aromatic carbocycles. The molecule has 5 aromatic rings. The first kappa shape index (κ1) is 95.7. The molecule has 4 aliphatic rings. The van der Waals surface area contributed by atoms with Gasteiger partial charge in [0.25, 0.3) is 0 Å². The van der Waals surface area contributed by atoms with Gasteiger partial charge < -0.3 is 40.9 Å². The van der Waals surface area contributed by atoms with Gasteiger partial charge in [-0.3, -0.25) is 58.8 Å². The van der Waals surface area contributed by atoms with Crippen LogP contribution in [0.25, 0.3) is 31.3 Å². The van der Waals surface area contributed by atoms with Gasteiger partial charge >= 0.3 is 0 Å². The second-order valence-corrected chi connectivity index (χ2v) is 32.2.